The Labute approximate surface area is 54.8 Å². The van der Waals surface area contributed by atoms with Gasteiger partial charge in [0, 0.05) is 13.0 Å². The first kappa shape index (κ1) is 6.55. The summed E-state index contributed by atoms with van der Waals surface area (Å²) in [4.78, 5) is 10.6. The van der Waals surface area contributed by atoms with Crippen LogP contribution in [-0.2, 0) is 4.79 Å². The summed E-state index contributed by atoms with van der Waals surface area (Å²) in [5, 5.41) is 5.81. The summed E-state index contributed by atoms with van der Waals surface area (Å²) in [5.74, 6) is 0.706. The van der Waals surface area contributed by atoms with Gasteiger partial charge in [0.1, 0.15) is 0 Å². The van der Waals surface area contributed by atoms with Crippen molar-refractivity contribution in [2.45, 2.75) is 6.42 Å². The highest BCUT2D eigenvalue weighted by molar-refractivity contribution is 5.78. The Hall–Kier alpha value is -0.570. The lowest BCUT2D eigenvalue weighted by Gasteiger charge is -2.02. The van der Waals surface area contributed by atoms with E-state index in [1.165, 1.54) is 0 Å². The first-order valence-electron chi connectivity index (χ1n) is 3.24. The fourth-order valence-electron chi connectivity index (χ4n) is 1.10. The Morgan fingerprint density at radius 3 is 3.11 bits per heavy atom. The highest BCUT2D eigenvalue weighted by atomic mass is 16.1. The van der Waals surface area contributed by atoms with Gasteiger partial charge in [0.2, 0.25) is 5.91 Å². The second-order valence-corrected chi connectivity index (χ2v) is 2.43. The third kappa shape index (κ3) is 1.68. The molecule has 9 heavy (non-hydrogen) atoms. The quantitative estimate of drug-likeness (QED) is 0.518. The fraction of sp³-hybridized carbons (Fsp3) is 0.833. The molecule has 0 radical (unpaired) electrons. The number of hydrogen-bond donors (Lipinski definition) is 2. The van der Waals surface area contributed by atoms with Crippen LogP contribution in [0.1, 0.15) is 6.42 Å². The SMILES string of the molecule is CNC[C@H]1CNC(=O)C1. The third-order valence-corrected chi connectivity index (χ3v) is 1.55. The highest BCUT2D eigenvalue weighted by Gasteiger charge is 2.19. The van der Waals surface area contributed by atoms with Gasteiger partial charge in [0.25, 0.3) is 0 Å². The average molecular weight is 128 g/mol. The molecule has 1 atom stereocenters. The molecule has 0 aromatic heterocycles. The summed E-state index contributed by atoms with van der Waals surface area (Å²) in [6.45, 7) is 1.79. The zero-order valence-corrected chi connectivity index (χ0v) is 5.61. The smallest absolute Gasteiger partial charge is 0.220 e. The van der Waals surface area contributed by atoms with Gasteiger partial charge in [-0.2, -0.15) is 0 Å². The molecule has 0 bridgehead atoms. The van der Waals surface area contributed by atoms with E-state index in [0.29, 0.717) is 12.3 Å². The van der Waals surface area contributed by atoms with E-state index in [4.69, 9.17) is 0 Å². The summed E-state index contributed by atoms with van der Waals surface area (Å²) in [6.07, 6.45) is 0.695. The van der Waals surface area contributed by atoms with Crippen LogP contribution >= 0.6 is 0 Å². The summed E-state index contributed by atoms with van der Waals surface area (Å²) in [6, 6.07) is 0. The minimum Gasteiger partial charge on any atom is -0.356 e. The molecule has 52 valence electrons. The molecule has 3 heteroatoms. The molecule has 3 nitrogen and oxygen atoms in total. The molecule has 1 aliphatic heterocycles. The lowest BCUT2D eigenvalue weighted by molar-refractivity contribution is -0.119. The lowest BCUT2D eigenvalue weighted by atomic mass is 10.1. The van der Waals surface area contributed by atoms with Gasteiger partial charge in [-0.3, -0.25) is 4.79 Å². The van der Waals surface area contributed by atoms with Crippen LogP contribution in [0.3, 0.4) is 0 Å². The maximum absolute atomic E-state index is 10.6. The van der Waals surface area contributed by atoms with Gasteiger partial charge in [0.15, 0.2) is 0 Å². The fourth-order valence-corrected chi connectivity index (χ4v) is 1.10. The predicted octanol–water partition coefficient (Wildman–Crippen LogP) is -0.658. The number of amides is 1. The van der Waals surface area contributed by atoms with Gasteiger partial charge in [-0.15, -0.1) is 0 Å². The van der Waals surface area contributed by atoms with Crippen molar-refractivity contribution in [3.8, 4) is 0 Å². The van der Waals surface area contributed by atoms with Crippen molar-refractivity contribution < 1.29 is 4.79 Å². The Morgan fingerprint density at radius 2 is 2.67 bits per heavy atom. The molecule has 1 amide bonds. The molecule has 1 saturated heterocycles. The van der Waals surface area contributed by atoms with Crippen LogP contribution in [0, 0.1) is 5.92 Å². The molecule has 1 heterocycles. The molecule has 0 aromatic carbocycles. The number of hydrogen-bond acceptors (Lipinski definition) is 2. The van der Waals surface area contributed by atoms with Crippen LogP contribution in [0.5, 0.6) is 0 Å². The summed E-state index contributed by atoms with van der Waals surface area (Å²) in [5.41, 5.74) is 0. The van der Waals surface area contributed by atoms with Crippen LogP contribution < -0.4 is 10.6 Å². The van der Waals surface area contributed by atoms with E-state index in [1.54, 1.807) is 0 Å². The van der Waals surface area contributed by atoms with Crippen molar-refractivity contribution in [1.82, 2.24) is 10.6 Å². The molecular weight excluding hydrogens is 116 g/mol. The summed E-state index contributed by atoms with van der Waals surface area (Å²) >= 11 is 0. The van der Waals surface area contributed by atoms with E-state index < -0.39 is 0 Å². The van der Waals surface area contributed by atoms with Crippen LogP contribution in [0.2, 0.25) is 0 Å². The van der Waals surface area contributed by atoms with Crippen molar-refractivity contribution in [3.63, 3.8) is 0 Å². The molecule has 0 saturated carbocycles. The monoisotopic (exact) mass is 128 g/mol. The summed E-state index contributed by atoms with van der Waals surface area (Å²) < 4.78 is 0. The molecule has 0 aliphatic carbocycles. The standard InChI is InChI=1S/C6H12N2O/c1-7-3-5-2-6(9)8-4-5/h5,7H,2-4H2,1H3,(H,8,9)/t5-/m0/s1. The Bertz CT molecular complexity index is 114. The van der Waals surface area contributed by atoms with E-state index in [2.05, 4.69) is 10.6 Å². The molecule has 1 aliphatic rings. The van der Waals surface area contributed by atoms with Crippen LogP contribution in [0.15, 0.2) is 0 Å². The van der Waals surface area contributed by atoms with E-state index in [0.717, 1.165) is 13.1 Å². The number of carbonyl (C=O) groups is 1. The zero-order valence-electron chi connectivity index (χ0n) is 5.61. The van der Waals surface area contributed by atoms with E-state index in [-0.39, 0.29) is 5.91 Å². The van der Waals surface area contributed by atoms with Gasteiger partial charge in [-0.05, 0) is 19.5 Å². The normalized spacial score (nSPS) is 26.3. The largest absolute Gasteiger partial charge is 0.356 e. The van der Waals surface area contributed by atoms with Gasteiger partial charge >= 0.3 is 0 Å². The molecule has 0 unspecified atom stereocenters. The van der Waals surface area contributed by atoms with Gasteiger partial charge in [-0.25, -0.2) is 0 Å². The van der Waals surface area contributed by atoms with Crippen molar-refractivity contribution in [1.29, 1.82) is 0 Å². The van der Waals surface area contributed by atoms with Crippen molar-refractivity contribution >= 4 is 5.91 Å². The maximum atomic E-state index is 10.6. The minimum atomic E-state index is 0.190. The number of nitrogens with one attached hydrogen (secondary N) is 2. The van der Waals surface area contributed by atoms with E-state index in [1.807, 2.05) is 7.05 Å². The molecular formula is C6H12N2O. The topological polar surface area (TPSA) is 41.1 Å². The second-order valence-electron chi connectivity index (χ2n) is 2.43. The first-order valence-corrected chi connectivity index (χ1v) is 3.24. The minimum absolute atomic E-state index is 0.190. The second kappa shape index (κ2) is 2.82. The molecule has 0 spiro atoms. The average Bonchev–Trinajstić information content (AvgIpc) is 2.17. The number of rotatable bonds is 2. The molecule has 2 N–H and O–H groups in total. The van der Waals surface area contributed by atoms with E-state index >= 15 is 0 Å². The van der Waals surface area contributed by atoms with Crippen LogP contribution in [0.4, 0.5) is 0 Å². The Balaban J connectivity index is 2.22. The van der Waals surface area contributed by atoms with E-state index in [9.17, 15) is 4.79 Å². The molecule has 1 rings (SSSR count). The van der Waals surface area contributed by atoms with Crippen molar-refractivity contribution in [3.05, 3.63) is 0 Å². The molecule has 0 aromatic rings. The maximum Gasteiger partial charge on any atom is 0.220 e. The summed E-state index contributed by atoms with van der Waals surface area (Å²) in [7, 11) is 1.91. The first-order chi connectivity index (χ1) is 4.33. The third-order valence-electron chi connectivity index (χ3n) is 1.55. The van der Waals surface area contributed by atoms with Gasteiger partial charge < -0.3 is 10.6 Å². The van der Waals surface area contributed by atoms with Crippen LogP contribution in [-0.4, -0.2) is 26.0 Å². The number of carbonyl (C=O) groups excluding carboxylic acids is 1. The zero-order chi connectivity index (χ0) is 6.69. The van der Waals surface area contributed by atoms with Crippen LogP contribution in [0.25, 0.3) is 0 Å². The Morgan fingerprint density at radius 1 is 1.89 bits per heavy atom. The molecule has 1 fully saturated rings. The lowest BCUT2D eigenvalue weighted by Crippen LogP contribution is -2.20. The van der Waals surface area contributed by atoms with Gasteiger partial charge in [-0.1, -0.05) is 0 Å². The predicted molar refractivity (Wildman–Crippen MR) is 35.0 cm³/mol. The van der Waals surface area contributed by atoms with Crippen molar-refractivity contribution in [2.24, 2.45) is 5.92 Å². The van der Waals surface area contributed by atoms with Crippen molar-refractivity contribution in [2.75, 3.05) is 20.1 Å². The highest BCUT2D eigenvalue weighted by Crippen LogP contribution is 2.05. The Kier molecular flexibility index (Phi) is 2.05. The van der Waals surface area contributed by atoms with Gasteiger partial charge in [0.05, 0.1) is 0 Å².